The molecule has 0 aliphatic carbocycles. The fourth-order valence-electron chi connectivity index (χ4n) is 1.49. The molecule has 0 saturated carbocycles. The lowest BCUT2D eigenvalue weighted by molar-refractivity contribution is 0.371. The first kappa shape index (κ1) is 12.1. The normalized spacial score (nSPS) is 11.6. The van der Waals surface area contributed by atoms with E-state index in [1.807, 2.05) is 6.07 Å². The Kier molecular flexibility index (Phi) is 3.97. The standard InChI is InChI=1S/C11H14N2O3/c1-15-9-5-7(14)6-10(16-2)11(9)8(13)3-4-12/h5-6,8,14H,3,13H2,1-2H3/t8-/m1/s1. The minimum absolute atomic E-state index is 0.0293. The highest BCUT2D eigenvalue weighted by Crippen LogP contribution is 2.37. The van der Waals surface area contributed by atoms with Crippen LogP contribution >= 0.6 is 0 Å². The number of aromatic hydroxyl groups is 1. The van der Waals surface area contributed by atoms with Gasteiger partial charge in [0.15, 0.2) is 0 Å². The highest BCUT2D eigenvalue weighted by atomic mass is 16.5. The summed E-state index contributed by atoms with van der Waals surface area (Å²) < 4.78 is 10.2. The van der Waals surface area contributed by atoms with Crippen molar-refractivity contribution in [3.63, 3.8) is 0 Å². The first-order valence-electron chi connectivity index (χ1n) is 4.71. The number of hydrogen-bond donors (Lipinski definition) is 2. The van der Waals surface area contributed by atoms with Gasteiger partial charge in [-0.15, -0.1) is 0 Å². The highest BCUT2D eigenvalue weighted by Gasteiger charge is 2.18. The summed E-state index contributed by atoms with van der Waals surface area (Å²) in [6.07, 6.45) is 0.150. The van der Waals surface area contributed by atoms with E-state index in [0.29, 0.717) is 17.1 Å². The van der Waals surface area contributed by atoms with Crippen LogP contribution in [0.1, 0.15) is 18.0 Å². The number of nitriles is 1. The second-order valence-corrected chi connectivity index (χ2v) is 3.23. The van der Waals surface area contributed by atoms with Gasteiger partial charge in [0.2, 0.25) is 0 Å². The lowest BCUT2D eigenvalue weighted by atomic mass is 10.0. The molecule has 0 heterocycles. The molecule has 0 bridgehead atoms. The van der Waals surface area contributed by atoms with Crippen molar-refractivity contribution in [1.29, 1.82) is 5.26 Å². The third kappa shape index (κ3) is 2.35. The summed E-state index contributed by atoms with van der Waals surface area (Å²) in [5.41, 5.74) is 6.43. The van der Waals surface area contributed by atoms with Gasteiger partial charge in [-0.1, -0.05) is 0 Å². The second-order valence-electron chi connectivity index (χ2n) is 3.23. The quantitative estimate of drug-likeness (QED) is 0.802. The maximum atomic E-state index is 9.43. The van der Waals surface area contributed by atoms with Crippen molar-refractivity contribution in [3.8, 4) is 23.3 Å². The second kappa shape index (κ2) is 5.24. The predicted octanol–water partition coefficient (Wildman–Crippen LogP) is 1.32. The molecule has 1 atom stereocenters. The summed E-state index contributed by atoms with van der Waals surface area (Å²) >= 11 is 0. The van der Waals surface area contributed by atoms with Crippen molar-refractivity contribution < 1.29 is 14.6 Å². The fraction of sp³-hybridized carbons (Fsp3) is 0.364. The summed E-state index contributed by atoms with van der Waals surface area (Å²) in [6.45, 7) is 0. The molecule has 1 rings (SSSR count). The molecule has 0 radical (unpaired) electrons. The first-order valence-corrected chi connectivity index (χ1v) is 4.71. The fourth-order valence-corrected chi connectivity index (χ4v) is 1.49. The monoisotopic (exact) mass is 222 g/mol. The number of methoxy groups -OCH3 is 2. The van der Waals surface area contributed by atoms with E-state index in [-0.39, 0.29) is 12.2 Å². The van der Waals surface area contributed by atoms with Crippen molar-refractivity contribution in [3.05, 3.63) is 17.7 Å². The Bertz CT molecular complexity index is 387. The van der Waals surface area contributed by atoms with Gasteiger partial charge in [-0.2, -0.15) is 5.26 Å². The number of phenols is 1. The van der Waals surface area contributed by atoms with Gasteiger partial charge >= 0.3 is 0 Å². The van der Waals surface area contributed by atoms with Crippen LogP contribution in [0.15, 0.2) is 12.1 Å². The highest BCUT2D eigenvalue weighted by molar-refractivity contribution is 5.52. The molecule has 0 amide bonds. The summed E-state index contributed by atoms with van der Waals surface area (Å²) in [5, 5.41) is 18.0. The van der Waals surface area contributed by atoms with Crippen molar-refractivity contribution in [2.75, 3.05) is 14.2 Å². The largest absolute Gasteiger partial charge is 0.508 e. The van der Waals surface area contributed by atoms with Gasteiger partial charge in [0.25, 0.3) is 0 Å². The number of phenolic OH excluding ortho intramolecular Hbond substituents is 1. The van der Waals surface area contributed by atoms with Gasteiger partial charge in [0.1, 0.15) is 17.2 Å². The zero-order valence-electron chi connectivity index (χ0n) is 9.23. The molecule has 1 aromatic rings. The maximum absolute atomic E-state index is 9.43. The van der Waals surface area contributed by atoms with E-state index >= 15 is 0 Å². The smallest absolute Gasteiger partial charge is 0.131 e. The lowest BCUT2D eigenvalue weighted by Crippen LogP contribution is -2.12. The van der Waals surface area contributed by atoms with Crippen LogP contribution in [0.25, 0.3) is 0 Å². The van der Waals surface area contributed by atoms with Gasteiger partial charge in [0.05, 0.1) is 38.3 Å². The molecule has 0 aliphatic heterocycles. The molecule has 86 valence electrons. The number of hydrogen-bond acceptors (Lipinski definition) is 5. The number of rotatable bonds is 4. The molecular weight excluding hydrogens is 208 g/mol. The van der Waals surface area contributed by atoms with E-state index in [2.05, 4.69) is 0 Å². The Morgan fingerprint density at radius 2 is 1.88 bits per heavy atom. The van der Waals surface area contributed by atoms with E-state index in [0.717, 1.165) is 0 Å². The van der Waals surface area contributed by atoms with Crippen molar-refractivity contribution in [2.45, 2.75) is 12.5 Å². The molecule has 16 heavy (non-hydrogen) atoms. The van der Waals surface area contributed by atoms with Gasteiger partial charge < -0.3 is 20.3 Å². The molecule has 0 fully saturated rings. The van der Waals surface area contributed by atoms with Gasteiger partial charge in [-0.25, -0.2) is 0 Å². The summed E-state index contributed by atoms with van der Waals surface area (Å²) in [6, 6.07) is 4.36. The molecule has 0 aliphatic rings. The van der Waals surface area contributed by atoms with Crippen LogP contribution in [0.3, 0.4) is 0 Å². The van der Waals surface area contributed by atoms with Crippen LogP contribution in [-0.2, 0) is 0 Å². The van der Waals surface area contributed by atoms with Gasteiger partial charge in [0, 0.05) is 12.1 Å². The summed E-state index contributed by atoms with van der Waals surface area (Å²) in [5.74, 6) is 0.862. The van der Waals surface area contributed by atoms with Crippen LogP contribution in [0.2, 0.25) is 0 Å². The molecule has 0 unspecified atom stereocenters. The van der Waals surface area contributed by atoms with Crippen LogP contribution in [-0.4, -0.2) is 19.3 Å². The van der Waals surface area contributed by atoms with Crippen LogP contribution in [0.4, 0.5) is 0 Å². The SMILES string of the molecule is COc1cc(O)cc(OC)c1[C@H](N)CC#N. The molecule has 5 nitrogen and oxygen atoms in total. The summed E-state index contributed by atoms with van der Waals surface area (Å²) in [7, 11) is 2.94. The van der Waals surface area contributed by atoms with E-state index in [1.165, 1.54) is 26.4 Å². The number of nitrogens with zero attached hydrogens (tertiary/aromatic N) is 1. The zero-order valence-corrected chi connectivity index (χ0v) is 9.23. The zero-order chi connectivity index (χ0) is 12.1. The Morgan fingerprint density at radius 3 is 2.25 bits per heavy atom. The Labute approximate surface area is 94.0 Å². The summed E-state index contributed by atoms with van der Waals surface area (Å²) in [4.78, 5) is 0. The Hall–Kier alpha value is -1.93. The average Bonchev–Trinajstić information content (AvgIpc) is 2.27. The number of ether oxygens (including phenoxy) is 2. The van der Waals surface area contributed by atoms with Gasteiger partial charge in [-0.3, -0.25) is 0 Å². The molecule has 3 N–H and O–H groups in total. The molecule has 0 spiro atoms. The number of nitrogens with two attached hydrogens (primary N) is 1. The van der Waals surface area contributed by atoms with Crippen molar-refractivity contribution in [2.24, 2.45) is 5.73 Å². The lowest BCUT2D eigenvalue weighted by Gasteiger charge is -2.17. The van der Waals surface area contributed by atoms with Crippen molar-refractivity contribution in [1.82, 2.24) is 0 Å². The Balaban J connectivity index is 3.27. The molecule has 1 aromatic carbocycles. The Morgan fingerprint density at radius 1 is 1.38 bits per heavy atom. The minimum Gasteiger partial charge on any atom is -0.508 e. The third-order valence-corrected chi connectivity index (χ3v) is 2.21. The van der Waals surface area contributed by atoms with E-state index < -0.39 is 6.04 Å². The molecule has 0 saturated heterocycles. The van der Waals surface area contributed by atoms with Crippen LogP contribution < -0.4 is 15.2 Å². The van der Waals surface area contributed by atoms with Crippen molar-refractivity contribution >= 4 is 0 Å². The maximum Gasteiger partial charge on any atom is 0.131 e. The van der Waals surface area contributed by atoms with E-state index in [4.69, 9.17) is 20.5 Å². The van der Waals surface area contributed by atoms with E-state index in [1.54, 1.807) is 0 Å². The van der Waals surface area contributed by atoms with E-state index in [9.17, 15) is 5.11 Å². The first-order chi connectivity index (χ1) is 7.63. The molecule has 5 heteroatoms. The third-order valence-electron chi connectivity index (χ3n) is 2.21. The number of benzene rings is 1. The van der Waals surface area contributed by atoms with Crippen LogP contribution in [0.5, 0.6) is 17.2 Å². The molecular formula is C11H14N2O3. The van der Waals surface area contributed by atoms with Crippen LogP contribution in [0, 0.1) is 11.3 Å². The molecule has 0 aromatic heterocycles. The topological polar surface area (TPSA) is 88.5 Å². The minimum atomic E-state index is -0.504. The average molecular weight is 222 g/mol. The predicted molar refractivity (Wildman–Crippen MR) is 58.4 cm³/mol. The van der Waals surface area contributed by atoms with Gasteiger partial charge in [-0.05, 0) is 0 Å².